The molecule has 0 radical (unpaired) electrons. The lowest BCUT2D eigenvalue weighted by molar-refractivity contribution is 0.862. The topological polar surface area (TPSA) is 0 Å². The predicted octanol–water partition coefficient (Wildman–Crippen LogP) is 4.54. The summed E-state index contributed by atoms with van der Waals surface area (Å²) in [5, 5.41) is 0. The van der Waals surface area contributed by atoms with Crippen molar-refractivity contribution < 1.29 is 0 Å². The second-order valence-electron chi connectivity index (χ2n) is 4.04. The average molecular weight is 188 g/mol. The molecule has 0 aliphatic heterocycles. The summed E-state index contributed by atoms with van der Waals surface area (Å²) < 4.78 is 0. The third-order valence-corrected chi connectivity index (χ3v) is 2.50. The van der Waals surface area contributed by atoms with Gasteiger partial charge in [-0.1, -0.05) is 51.1 Å². The van der Waals surface area contributed by atoms with Gasteiger partial charge in [0.25, 0.3) is 0 Å². The molecule has 1 rings (SSSR count). The first-order valence-corrected chi connectivity index (χ1v) is 5.42. The minimum absolute atomic E-state index is 0.603. The van der Waals surface area contributed by atoms with Gasteiger partial charge in [0.05, 0.1) is 0 Å². The Morgan fingerprint density at radius 2 is 2.00 bits per heavy atom. The highest BCUT2D eigenvalue weighted by molar-refractivity contribution is 5.58. The van der Waals surface area contributed by atoms with Crippen LogP contribution in [0.25, 0.3) is 6.08 Å². The predicted molar refractivity (Wildman–Crippen MR) is 64.6 cm³/mol. The summed E-state index contributed by atoms with van der Waals surface area (Å²) in [4.78, 5) is 0. The van der Waals surface area contributed by atoms with Gasteiger partial charge in [-0.3, -0.25) is 0 Å². The minimum Gasteiger partial charge on any atom is -0.0842 e. The summed E-state index contributed by atoms with van der Waals surface area (Å²) in [5.41, 5.74) is 4.24. The lowest BCUT2D eigenvalue weighted by atomic mass is 9.93. The highest BCUT2D eigenvalue weighted by Crippen LogP contribution is 2.23. The van der Waals surface area contributed by atoms with Crippen LogP contribution in [-0.2, 0) is 0 Å². The average Bonchev–Trinajstić information content (AvgIpc) is 2.15. The molecule has 0 fully saturated rings. The fourth-order valence-electron chi connectivity index (χ4n) is 1.67. The van der Waals surface area contributed by atoms with E-state index >= 15 is 0 Å². The quantitative estimate of drug-likeness (QED) is 0.653. The molecule has 0 spiro atoms. The first-order valence-electron chi connectivity index (χ1n) is 5.42. The molecule has 0 bridgehead atoms. The Kier molecular flexibility index (Phi) is 3.94. The van der Waals surface area contributed by atoms with Crippen LogP contribution in [0.5, 0.6) is 0 Å². The second-order valence-corrected chi connectivity index (χ2v) is 4.04. The van der Waals surface area contributed by atoms with Crippen LogP contribution in [0, 0.1) is 6.92 Å². The molecule has 0 atom stereocenters. The van der Waals surface area contributed by atoms with Gasteiger partial charge in [-0.15, -0.1) is 0 Å². The Balaban J connectivity index is 3.15. The van der Waals surface area contributed by atoms with Crippen molar-refractivity contribution in [1.29, 1.82) is 0 Å². The van der Waals surface area contributed by atoms with Gasteiger partial charge in [-0.25, -0.2) is 0 Å². The largest absolute Gasteiger partial charge is 0.0842 e. The van der Waals surface area contributed by atoms with Crippen molar-refractivity contribution in [3.63, 3.8) is 0 Å². The van der Waals surface area contributed by atoms with Gasteiger partial charge in [0.15, 0.2) is 0 Å². The molecule has 0 heterocycles. The fraction of sp³-hybridized carbons (Fsp3) is 0.429. The zero-order valence-electron chi connectivity index (χ0n) is 9.67. The van der Waals surface area contributed by atoms with Gasteiger partial charge in [0.1, 0.15) is 0 Å². The molecule has 0 N–H and O–H groups in total. The third-order valence-electron chi connectivity index (χ3n) is 2.50. The Morgan fingerprint density at radius 3 is 2.57 bits per heavy atom. The summed E-state index contributed by atoms with van der Waals surface area (Å²) >= 11 is 0. The molecule has 76 valence electrons. The second kappa shape index (κ2) is 4.99. The summed E-state index contributed by atoms with van der Waals surface area (Å²) in [6, 6.07) is 6.56. The highest BCUT2D eigenvalue weighted by atomic mass is 14.1. The summed E-state index contributed by atoms with van der Waals surface area (Å²) in [6.45, 7) is 8.85. The smallest absolute Gasteiger partial charge is 0.0196 e. The molecule has 14 heavy (non-hydrogen) atoms. The van der Waals surface area contributed by atoms with E-state index in [0.29, 0.717) is 5.92 Å². The first kappa shape index (κ1) is 11.0. The van der Waals surface area contributed by atoms with Crippen molar-refractivity contribution in [3.8, 4) is 0 Å². The normalized spacial score (nSPS) is 11.5. The Morgan fingerprint density at radius 1 is 1.29 bits per heavy atom. The molecule has 0 amide bonds. The zero-order chi connectivity index (χ0) is 10.6. The minimum atomic E-state index is 0.603. The monoisotopic (exact) mass is 188 g/mol. The van der Waals surface area contributed by atoms with E-state index in [9.17, 15) is 0 Å². The highest BCUT2D eigenvalue weighted by Gasteiger charge is 2.05. The van der Waals surface area contributed by atoms with Crippen LogP contribution in [0.2, 0.25) is 0 Å². The molecule has 0 saturated heterocycles. The van der Waals surface area contributed by atoms with Crippen molar-refractivity contribution in [1.82, 2.24) is 0 Å². The van der Waals surface area contributed by atoms with E-state index in [0.717, 1.165) is 6.42 Å². The summed E-state index contributed by atoms with van der Waals surface area (Å²) in [5.74, 6) is 0.603. The molecular weight excluding hydrogens is 168 g/mol. The molecule has 0 unspecified atom stereocenters. The number of hydrogen-bond donors (Lipinski definition) is 0. The van der Waals surface area contributed by atoms with E-state index in [4.69, 9.17) is 0 Å². The van der Waals surface area contributed by atoms with Crippen LogP contribution < -0.4 is 0 Å². The van der Waals surface area contributed by atoms with Gasteiger partial charge >= 0.3 is 0 Å². The van der Waals surface area contributed by atoms with E-state index in [-0.39, 0.29) is 0 Å². The molecule has 1 aromatic rings. The van der Waals surface area contributed by atoms with Crippen molar-refractivity contribution in [2.45, 2.75) is 40.0 Å². The standard InChI is InChI=1S/C14H20/c1-5-6-9-14-12(4)8-7-10-13(14)11(2)3/h6-11H,5H2,1-4H3/b9-6-. The van der Waals surface area contributed by atoms with Gasteiger partial charge in [-0.2, -0.15) is 0 Å². The van der Waals surface area contributed by atoms with Crippen molar-refractivity contribution >= 4 is 6.08 Å². The maximum atomic E-state index is 2.25. The lowest BCUT2D eigenvalue weighted by Gasteiger charge is -2.12. The molecule has 0 heteroatoms. The summed E-state index contributed by atoms with van der Waals surface area (Å²) in [6.07, 6.45) is 5.59. The van der Waals surface area contributed by atoms with E-state index in [1.807, 2.05) is 0 Å². The van der Waals surface area contributed by atoms with Gasteiger partial charge in [-0.05, 0) is 36.0 Å². The van der Waals surface area contributed by atoms with Crippen LogP contribution in [0.15, 0.2) is 24.3 Å². The maximum absolute atomic E-state index is 2.25. The van der Waals surface area contributed by atoms with Crippen LogP contribution in [-0.4, -0.2) is 0 Å². The number of rotatable bonds is 3. The van der Waals surface area contributed by atoms with Crippen LogP contribution >= 0.6 is 0 Å². The van der Waals surface area contributed by atoms with E-state index in [2.05, 4.69) is 58.0 Å². The third kappa shape index (κ3) is 2.47. The van der Waals surface area contributed by atoms with Gasteiger partial charge in [0.2, 0.25) is 0 Å². The van der Waals surface area contributed by atoms with Crippen LogP contribution in [0.4, 0.5) is 0 Å². The number of hydrogen-bond acceptors (Lipinski definition) is 0. The summed E-state index contributed by atoms with van der Waals surface area (Å²) in [7, 11) is 0. The molecule has 0 aliphatic carbocycles. The van der Waals surface area contributed by atoms with E-state index in [1.165, 1.54) is 16.7 Å². The molecular formula is C14H20. The van der Waals surface area contributed by atoms with Crippen molar-refractivity contribution in [2.24, 2.45) is 0 Å². The number of allylic oxidation sites excluding steroid dienone is 1. The maximum Gasteiger partial charge on any atom is -0.0196 e. The Hall–Kier alpha value is -1.04. The van der Waals surface area contributed by atoms with Crippen LogP contribution in [0.3, 0.4) is 0 Å². The van der Waals surface area contributed by atoms with Crippen molar-refractivity contribution in [2.75, 3.05) is 0 Å². The molecule has 1 aromatic carbocycles. The SMILES string of the molecule is CC/C=C\c1c(C)cccc1C(C)C. The number of aryl methyl sites for hydroxylation is 1. The molecule has 0 saturated carbocycles. The van der Waals surface area contributed by atoms with E-state index in [1.54, 1.807) is 0 Å². The van der Waals surface area contributed by atoms with Crippen molar-refractivity contribution in [3.05, 3.63) is 41.0 Å². The number of benzene rings is 1. The molecule has 0 aliphatic rings. The van der Waals surface area contributed by atoms with E-state index < -0.39 is 0 Å². The fourth-order valence-corrected chi connectivity index (χ4v) is 1.67. The lowest BCUT2D eigenvalue weighted by Crippen LogP contribution is -1.94. The van der Waals surface area contributed by atoms with Gasteiger partial charge in [0, 0.05) is 0 Å². The Bertz CT molecular complexity index is 319. The zero-order valence-corrected chi connectivity index (χ0v) is 9.67. The molecule has 0 nitrogen and oxygen atoms in total. The van der Waals surface area contributed by atoms with Gasteiger partial charge < -0.3 is 0 Å². The Labute approximate surface area is 87.7 Å². The van der Waals surface area contributed by atoms with Crippen LogP contribution in [0.1, 0.15) is 49.8 Å². The first-order chi connectivity index (χ1) is 6.66. The molecule has 0 aromatic heterocycles.